The Morgan fingerprint density at radius 1 is 0.600 bits per heavy atom. The van der Waals surface area contributed by atoms with Crippen molar-refractivity contribution in [1.29, 1.82) is 0 Å². The first-order valence-electron chi connectivity index (χ1n) is 36.5. The number of para-hydroxylation sites is 1. The van der Waals surface area contributed by atoms with Gasteiger partial charge in [-0.25, -0.2) is 14.6 Å². The second-order valence-electron chi connectivity index (χ2n) is 30.3. The van der Waals surface area contributed by atoms with Gasteiger partial charge in [-0.2, -0.15) is 0 Å². The normalized spacial score (nSPS) is 24.5. The van der Waals surface area contributed by atoms with Crippen LogP contribution in [0.3, 0.4) is 0 Å². The van der Waals surface area contributed by atoms with Crippen molar-refractivity contribution in [3.05, 3.63) is 102 Å². The molecule has 8 amide bonds. The van der Waals surface area contributed by atoms with Crippen LogP contribution in [0.25, 0.3) is 22.6 Å². The summed E-state index contributed by atoms with van der Waals surface area (Å²) >= 11 is 12.2. The van der Waals surface area contributed by atoms with E-state index in [1.807, 2.05) is 6.92 Å². The van der Waals surface area contributed by atoms with Gasteiger partial charge in [-0.15, -0.1) is 0 Å². The number of carbonyl (C=O) groups is 13. The Hall–Kier alpha value is -9.03. The van der Waals surface area contributed by atoms with Crippen LogP contribution in [0.4, 0.5) is 17.1 Å². The summed E-state index contributed by atoms with van der Waals surface area (Å²) in [5, 5.41) is 25.7. The molecule has 3 aromatic rings. The molecule has 2 saturated carbocycles. The third kappa shape index (κ3) is 18.9. The van der Waals surface area contributed by atoms with E-state index < -0.39 is 202 Å². The fourth-order valence-corrected chi connectivity index (χ4v) is 15.3. The molecule has 6 aliphatic rings. The van der Waals surface area contributed by atoms with Gasteiger partial charge in [0.1, 0.15) is 47.6 Å². The van der Waals surface area contributed by atoms with Crippen molar-refractivity contribution in [3.63, 3.8) is 0 Å². The van der Waals surface area contributed by atoms with E-state index in [0.29, 0.717) is 65.5 Å². The summed E-state index contributed by atoms with van der Waals surface area (Å²) in [6, 6.07) is 4.19. The Morgan fingerprint density at radius 2 is 1.05 bits per heavy atom. The number of amides is 8. The van der Waals surface area contributed by atoms with E-state index >= 15 is 9.59 Å². The van der Waals surface area contributed by atoms with Gasteiger partial charge >= 0.3 is 41.5 Å². The van der Waals surface area contributed by atoms with Gasteiger partial charge in [0.25, 0.3) is 11.8 Å². The summed E-state index contributed by atoms with van der Waals surface area (Å²) < 4.78 is 18.3. The second kappa shape index (κ2) is 36.9. The van der Waals surface area contributed by atoms with Crippen molar-refractivity contribution in [2.75, 3.05) is 52.3 Å². The van der Waals surface area contributed by atoms with Crippen LogP contribution in [0.2, 0.25) is 10.0 Å². The standard InChI is InChI=1S/C64H88N10O16.C14H11Cl2NO2.Na/c1-27(2)44-53(78)35-19-17-21-37(35)61(84)71(13)25-40(75)73(15)50(29(5)6)63(86)88-33(11)46(59(82)67-44)69-57(80)39-24-23-31(9)55-48(39)66-49-42(43(65)52(77)32(10)56(49)90-55)58(81)70-47-34(12)89-64(87)51(30(7)8)74(16)41(76)26-72(14)62(85)38-22-18-20-36(38)54(79)45(28(3)4)68-60(47)83;1-8-6-7-10(15)13(12(8)16)17-11-5-3-2-4-9(11)14(18)19;/h23-24,27-30,33-38,44-47,50-51H,17-22,25-26,65H2,1-16H3,(H,67,82)(H,68,83)(H,69,80)(H,70,81);2-7,17H,1H3,(H,18,19);/q;;+1/p-1. The summed E-state index contributed by atoms with van der Waals surface area (Å²) in [6.45, 7) is 20.1. The predicted octanol–water partition coefficient (Wildman–Crippen LogP) is 3.13. The summed E-state index contributed by atoms with van der Waals surface area (Å²) in [5.41, 5.74) is 5.44. The first-order valence-corrected chi connectivity index (χ1v) is 37.3. The van der Waals surface area contributed by atoms with Crippen molar-refractivity contribution in [3.8, 4) is 11.5 Å². The maximum atomic E-state index is 15.2. The summed E-state index contributed by atoms with van der Waals surface area (Å²) in [5.74, 6) is -16.2. The number of Topliss-reactive ketones (excluding diaryl/α,β-unsaturated/α-hetero) is 2. The number of cyclic esters (lactones) is 2. The largest absolute Gasteiger partial charge is 1.00 e. The van der Waals surface area contributed by atoms with E-state index in [0.717, 1.165) is 15.4 Å². The van der Waals surface area contributed by atoms with Crippen LogP contribution in [0.5, 0.6) is 0 Å². The number of esters is 2. The number of benzene rings is 4. The number of halogens is 2. The van der Waals surface area contributed by atoms with Crippen molar-refractivity contribution in [1.82, 2.24) is 45.9 Å². The molecule has 29 nitrogen and oxygen atoms in total. The number of aromatic nitrogens is 1. The minimum Gasteiger partial charge on any atom is -0.545 e. The Morgan fingerprint density at radius 3 is 1.50 bits per heavy atom. The molecular formula is C78H98Cl2N11NaO18. The number of aryl methyl sites for hydroxylation is 2. The van der Waals surface area contributed by atoms with E-state index in [4.69, 9.17) is 47.8 Å². The van der Waals surface area contributed by atoms with Gasteiger partial charge in [0.2, 0.25) is 40.9 Å². The number of hydrogen-bond donors (Lipinski definition) is 6. The molecule has 0 spiro atoms. The molecule has 7 N–H and O–H groups in total. The van der Waals surface area contributed by atoms with Crippen LogP contribution in [0.1, 0.15) is 156 Å². The van der Waals surface area contributed by atoms with Gasteiger partial charge in [-0.1, -0.05) is 122 Å². The SMILES string of the molecule is Cc1c2oc3c(C)ccc(C(=O)NC4C(=O)NC(C(C)C)C(=O)C5CCCC5C(=O)N(C)CC(=O)N(C)C(C(C)C)C(=O)OC4C)c3nc-2c(C(=O)NC2C(=O)NC(C(C)C)C(=O)C3CCCC3C(=O)N(C)CC(=O)N(C)C(C(C)C)C(=O)OC2C)c(N)c1=O.Cc1ccc(Cl)c(Nc2ccccc2C(=O)[O-])c1Cl.[Na+]. The van der Waals surface area contributed by atoms with Crippen LogP contribution < -0.4 is 72.4 Å². The van der Waals surface area contributed by atoms with Gasteiger partial charge in [-0.3, -0.25) is 52.7 Å². The van der Waals surface area contributed by atoms with Crippen molar-refractivity contribution in [2.24, 2.45) is 47.3 Å². The number of ether oxygens (including phenoxy) is 2. The second-order valence-corrected chi connectivity index (χ2v) is 31.1. The van der Waals surface area contributed by atoms with Crippen LogP contribution >= 0.6 is 23.2 Å². The van der Waals surface area contributed by atoms with E-state index in [9.17, 15) is 62.6 Å². The number of nitrogens with two attached hydrogens (primary N) is 1. The van der Waals surface area contributed by atoms with Crippen molar-refractivity contribution >= 4 is 128 Å². The molecule has 3 aliphatic carbocycles. The third-order valence-corrected chi connectivity index (χ3v) is 21.9. The molecule has 0 aromatic heterocycles. The Balaban J connectivity index is 0.000000728. The van der Waals surface area contributed by atoms with Crippen LogP contribution in [-0.4, -0.2) is 191 Å². The van der Waals surface area contributed by atoms with Gasteiger partial charge in [0, 0.05) is 68.7 Å². The summed E-state index contributed by atoms with van der Waals surface area (Å²) in [4.78, 5) is 208. The molecular weight excluding hydrogens is 1470 g/mol. The number of ketones is 2. The molecule has 4 fully saturated rings. The minimum atomic E-state index is -1.86. The molecule has 588 valence electrons. The van der Waals surface area contributed by atoms with Crippen molar-refractivity contribution < 1.29 is 111 Å². The molecule has 3 aliphatic heterocycles. The van der Waals surface area contributed by atoms with Crippen LogP contribution in [0.15, 0.2) is 57.7 Å². The molecule has 0 radical (unpaired) electrons. The zero-order chi connectivity index (χ0) is 81.0. The van der Waals surface area contributed by atoms with Crippen LogP contribution in [-0.2, 0) is 57.4 Å². The minimum absolute atomic E-state index is 0. The average Bonchev–Trinajstić information content (AvgIpc) is 0.878. The first kappa shape index (κ1) is 88.2. The number of likely N-dealkylation sites (N-methyl/N-ethyl adjacent to an activating group) is 4. The fraction of sp³-hybridized carbons (Fsp3) is 0.526. The Kier molecular flexibility index (Phi) is 29.6. The van der Waals surface area contributed by atoms with Gasteiger partial charge in [-0.05, 0) is 113 Å². The molecule has 12 unspecified atom stereocenters. The monoisotopic (exact) mass is 1570 g/mol. The zero-order valence-electron chi connectivity index (χ0n) is 65.4. The Labute approximate surface area is 670 Å². The van der Waals surface area contributed by atoms with Gasteiger partial charge < -0.3 is 75.7 Å². The number of carbonyl (C=O) groups excluding carboxylic acids is 13. The van der Waals surface area contributed by atoms with E-state index in [1.54, 1.807) is 92.6 Å². The molecule has 9 rings (SSSR count). The van der Waals surface area contributed by atoms with E-state index in [1.165, 1.54) is 77.0 Å². The number of anilines is 3. The molecule has 3 aromatic carbocycles. The zero-order valence-corrected chi connectivity index (χ0v) is 68.9. The van der Waals surface area contributed by atoms with Gasteiger partial charge in [0.15, 0.2) is 22.9 Å². The predicted molar refractivity (Wildman–Crippen MR) is 403 cm³/mol. The number of hydrogen-bond acceptors (Lipinski definition) is 21. The number of nitrogen functional groups attached to an aromatic ring is 1. The number of aromatic carboxylic acids is 1. The fourth-order valence-electron chi connectivity index (χ4n) is 14.8. The molecule has 110 heavy (non-hydrogen) atoms. The molecule has 0 bridgehead atoms. The van der Waals surface area contributed by atoms with Gasteiger partial charge in [0.05, 0.1) is 63.7 Å². The maximum Gasteiger partial charge on any atom is 1.00 e. The molecule has 2 saturated heterocycles. The van der Waals surface area contributed by atoms with Crippen LogP contribution in [0, 0.1) is 68.1 Å². The molecule has 3 heterocycles. The molecule has 12 atom stereocenters. The number of carboxylic acid groups (broad SMARTS) is 1. The average molecular weight is 1570 g/mol. The van der Waals surface area contributed by atoms with Crippen molar-refractivity contribution in [2.45, 2.75) is 177 Å². The number of nitrogens with one attached hydrogen (secondary N) is 5. The summed E-state index contributed by atoms with van der Waals surface area (Å²) in [6.07, 6.45) is -0.654. The smallest absolute Gasteiger partial charge is 0.545 e. The number of fused-ring (bicyclic) bond motifs is 4. The summed E-state index contributed by atoms with van der Waals surface area (Å²) in [7, 11) is 5.66. The topological polar surface area (TPSA) is 406 Å². The van der Waals surface area contributed by atoms with E-state index in [-0.39, 0.29) is 68.8 Å². The number of nitrogens with zero attached hydrogens (tertiary/aromatic N) is 5. The maximum absolute atomic E-state index is 15.2. The Bertz CT molecular complexity index is 4470. The quantitative estimate of drug-likeness (QED) is 0.0479. The third-order valence-electron chi connectivity index (χ3n) is 21.1. The molecule has 32 heteroatoms. The number of rotatable bonds is 11. The first-order chi connectivity index (χ1) is 51.1. The van der Waals surface area contributed by atoms with E-state index in [2.05, 4.69) is 26.6 Å². The number of carboxylic acids is 1.